The molecule has 180 valence electrons. The Labute approximate surface area is 201 Å². The van der Waals surface area contributed by atoms with Gasteiger partial charge in [-0.15, -0.1) is 9.24 Å². The van der Waals surface area contributed by atoms with Crippen molar-refractivity contribution in [3.63, 3.8) is 0 Å². The van der Waals surface area contributed by atoms with Gasteiger partial charge in [0.2, 0.25) is 0 Å². The summed E-state index contributed by atoms with van der Waals surface area (Å²) >= 11 is 0. The van der Waals surface area contributed by atoms with Gasteiger partial charge in [0.05, 0.1) is 0 Å². The SMILES string of the molecule is CC.CC.CCCc1c[nH]c2ccc(OCC(=O)N3CCN(c4ccc(P)cc4)CC3)cc12. The van der Waals surface area contributed by atoms with Crippen molar-refractivity contribution in [2.75, 3.05) is 37.7 Å². The van der Waals surface area contributed by atoms with Crippen LogP contribution < -0.4 is 14.9 Å². The maximum atomic E-state index is 12.6. The molecule has 0 aliphatic carbocycles. The Balaban J connectivity index is 0.000000914. The molecule has 2 heterocycles. The van der Waals surface area contributed by atoms with E-state index in [9.17, 15) is 4.79 Å². The number of nitrogens with one attached hydrogen (secondary N) is 1. The molecular weight excluding hydrogens is 429 g/mol. The quantitative estimate of drug-likeness (QED) is 0.492. The highest BCUT2D eigenvalue weighted by atomic mass is 31.0. The van der Waals surface area contributed by atoms with Crippen molar-refractivity contribution < 1.29 is 9.53 Å². The van der Waals surface area contributed by atoms with E-state index in [0.717, 1.165) is 50.3 Å². The number of nitrogens with zero attached hydrogens (tertiary/aromatic N) is 2. The number of carbonyl (C=O) groups excluding carboxylic acids is 1. The number of amides is 1. The first-order valence-electron chi connectivity index (χ1n) is 12.2. The Morgan fingerprint density at radius 3 is 2.30 bits per heavy atom. The third-order valence-electron chi connectivity index (χ3n) is 5.51. The van der Waals surface area contributed by atoms with E-state index in [2.05, 4.69) is 56.5 Å². The second-order valence-electron chi connectivity index (χ2n) is 7.52. The van der Waals surface area contributed by atoms with Gasteiger partial charge < -0.3 is 19.5 Å². The van der Waals surface area contributed by atoms with Crippen LogP contribution in [0.4, 0.5) is 5.69 Å². The van der Waals surface area contributed by atoms with Gasteiger partial charge in [-0.25, -0.2) is 0 Å². The van der Waals surface area contributed by atoms with E-state index in [4.69, 9.17) is 4.74 Å². The number of aryl methyl sites for hydroxylation is 1. The van der Waals surface area contributed by atoms with Crippen LogP contribution in [0.25, 0.3) is 10.9 Å². The van der Waals surface area contributed by atoms with Crippen molar-refractivity contribution in [1.82, 2.24) is 9.88 Å². The molecule has 0 spiro atoms. The summed E-state index contributed by atoms with van der Waals surface area (Å²) in [6.07, 6.45) is 4.20. The average Bonchev–Trinajstić information content (AvgIpc) is 3.28. The molecule has 33 heavy (non-hydrogen) atoms. The smallest absolute Gasteiger partial charge is 0.260 e. The molecule has 1 N–H and O–H groups in total. The molecule has 0 bridgehead atoms. The maximum Gasteiger partial charge on any atom is 0.260 e. The second kappa shape index (κ2) is 13.9. The number of hydrogen-bond acceptors (Lipinski definition) is 3. The highest BCUT2D eigenvalue weighted by Gasteiger charge is 2.21. The first kappa shape index (κ1) is 26.7. The van der Waals surface area contributed by atoms with Crippen LogP contribution >= 0.6 is 9.24 Å². The third kappa shape index (κ3) is 7.23. The van der Waals surface area contributed by atoms with Crippen molar-refractivity contribution in [2.24, 2.45) is 0 Å². The summed E-state index contributed by atoms with van der Waals surface area (Å²) in [5.74, 6) is 0.798. The van der Waals surface area contributed by atoms with E-state index in [1.165, 1.54) is 21.9 Å². The van der Waals surface area contributed by atoms with Gasteiger partial charge in [0.15, 0.2) is 6.61 Å². The molecule has 0 saturated carbocycles. The lowest BCUT2D eigenvalue weighted by Gasteiger charge is -2.36. The molecule has 1 amide bonds. The zero-order chi connectivity index (χ0) is 24.2. The number of benzene rings is 2. The highest BCUT2D eigenvalue weighted by molar-refractivity contribution is 7.27. The summed E-state index contributed by atoms with van der Waals surface area (Å²) in [6.45, 7) is 13.4. The molecule has 1 aromatic heterocycles. The molecule has 5 nitrogen and oxygen atoms in total. The van der Waals surface area contributed by atoms with E-state index < -0.39 is 0 Å². The largest absolute Gasteiger partial charge is 0.484 e. The Morgan fingerprint density at radius 2 is 1.67 bits per heavy atom. The maximum absolute atomic E-state index is 12.6. The van der Waals surface area contributed by atoms with Crippen LogP contribution in [0.3, 0.4) is 0 Å². The minimum absolute atomic E-state index is 0.0490. The normalized spacial score (nSPS) is 13.0. The Kier molecular flexibility index (Phi) is 11.3. The average molecular weight is 470 g/mol. The number of hydrogen-bond donors (Lipinski definition) is 1. The molecule has 6 heteroatoms. The lowest BCUT2D eigenvalue weighted by Crippen LogP contribution is -2.50. The fraction of sp³-hybridized carbons (Fsp3) is 0.444. The van der Waals surface area contributed by atoms with Gasteiger partial charge in [-0.05, 0) is 47.6 Å². The van der Waals surface area contributed by atoms with E-state index >= 15 is 0 Å². The van der Waals surface area contributed by atoms with Crippen molar-refractivity contribution in [3.05, 3.63) is 54.2 Å². The number of anilines is 1. The lowest BCUT2D eigenvalue weighted by atomic mass is 10.1. The van der Waals surface area contributed by atoms with Crippen LogP contribution in [0.1, 0.15) is 46.6 Å². The molecule has 4 rings (SSSR count). The first-order valence-corrected chi connectivity index (χ1v) is 12.8. The van der Waals surface area contributed by atoms with E-state index in [-0.39, 0.29) is 12.5 Å². The summed E-state index contributed by atoms with van der Waals surface area (Å²) in [6, 6.07) is 14.4. The number of ether oxygens (including phenoxy) is 1. The molecule has 1 aliphatic heterocycles. The summed E-state index contributed by atoms with van der Waals surface area (Å²) in [7, 11) is 2.71. The first-order chi connectivity index (χ1) is 16.1. The molecule has 3 aromatic rings. The van der Waals surface area contributed by atoms with Gasteiger partial charge in [0, 0.05) is 49.0 Å². The molecule has 1 saturated heterocycles. The van der Waals surface area contributed by atoms with E-state index in [1.54, 1.807) is 0 Å². The minimum atomic E-state index is 0.0490. The molecule has 1 aliphatic rings. The minimum Gasteiger partial charge on any atom is -0.484 e. The van der Waals surface area contributed by atoms with Crippen LogP contribution in [-0.4, -0.2) is 48.6 Å². The number of rotatable bonds is 6. The molecule has 1 fully saturated rings. The van der Waals surface area contributed by atoms with Crippen LogP contribution in [0.15, 0.2) is 48.7 Å². The van der Waals surface area contributed by atoms with Crippen LogP contribution in [0.2, 0.25) is 0 Å². The van der Waals surface area contributed by atoms with Gasteiger partial charge in [-0.1, -0.05) is 53.2 Å². The summed E-state index contributed by atoms with van der Waals surface area (Å²) in [4.78, 5) is 20.1. The van der Waals surface area contributed by atoms with E-state index in [1.807, 2.05) is 50.8 Å². The van der Waals surface area contributed by atoms with E-state index in [0.29, 0.717) is 0 Å². The van der Waals surface area contributed by atoms with Crippen LogP contribution in [0.5, 0.6) is 5.75 Å². The number of aromatic amines is 1. The predicted molar refractivity (Wildman–Crippen MR) is 145 cm³/mol. The van der Waals surface area contributed by atoms with Crippen molar-refractivity contribution in [1.29, 1.82) is 0 Å². The van der Waals surface area contributed by atoms with Gasteiger partial charge in [-0.2, -0.15) is 0 Å². The Hall–Kier alpha value is -2.52. The predicted octanol–water partition coefficient (Wildman–Crippen LogP) is 5.40. The fourth-order valence-corrected chi connectivity index (χ4v) is 4.05. The summed E-state index contributed by atoms with van der Waals surface area (Å²) in [5, 5.41) is 2.36. The van der Waals surface area contributed by atoms with Gasteiger partial charge >= 0.3 is 0 Å². The number of carbonyl (C=O) groups is 1. The van der Waals surface area contributed by atoms with Crippen molar-refractivity contribution >= 4 is 37.0 Å². The van der Waals surface area contributed by atoms with Crippen LogP contribution in [0, 0.1) is 0 Å². The topological polar surface area (TPSA) is 48.6 Å². The molecule has 2 aromatic carbocycles. The Morgan fingerprint density at radius 1 is 1.00 bits per heavy atom. The third-order valence-corrected chi connectivity index (χ3v) is 5.90. The molecule has 1 atom stereocenters. The monoisotopic (exact) mass is 469 g/mol. The van der Waals surface area contributed by atoms with Crippen molar-refractivity contribution in [2.45, 2.75) is 47.5 Å². The fourth-order valence-electron chi connectivity index (χ4n) is 3.86. The van der Waals surface area contributed by atoms with Gasteiger partial charge in [0.1, 0.15) is 5.75 Å². The number of H-pyrrole nitrogens is 1. The zero-order valence-electron chi connectivity index (χ0n) is 20.9. The number of aromatic nitrogens is 1. The zero-order valence-corrected chi connectivity index (χ0v) is 22.0. The number of fused-ring (bicyclic) bond motifs is 1. The summed E-state index contributed by atoms with van der Waals surface area (Å²) in [5.41, 5.74) is 3.62. The molecule has 0 radical (unpaired) electrons. The van der Waals surface area contributed by atoms with Gasteiger partial charge in [0.25, 0.3) is 5.91 Å². The Bertz CT molecular complexity index is 977. The molecular formula is C27H40N3O2P. The highest BCUT2D eigenvalue weighted by Crippen LogP contribution is 2.25. The van der Waals surface area contributed by atoms with Crippen molar-refractivity contribution in [3.8, 4) is 5.75 Å². The van der Waals surface area contributed by atoms with Gasteiger partial charge in [-0.3, -0.25) is 4.79 Å². The summed E-state index contributed by atoms with van der Waals surface area (Å²) < 4.78 is 5.84. The van der Waals surface area contributed by atoms with Crippen LogP contribution in [-0.2, 0) is 11.2 Å². The molecule has 1 unspecified atom stereocenters. The number of piperazine rings is 1. The lowest BCUT2D eigenvalue weighted by molar-refractivity contribution is -0.133. The second-order valence-corrected chi connectivity index (χ2v) is 8.19. The standard InChI is InChI=1S/C23H28N3O2P.2C2H6/c1-2-3-17-15-24-22-9-6-19(14-21(17)22)28-16-23(27)26-12-10-25(11-13-26)18-4-7-20(29)8-5-18;2*1-2/h4-9,14-15,24H,2-3,10-13,16,29H2,1H3;2*1-2H3.